The van der Waals surface area contributed by atoms with Crippen molar-refractivity contribution >= 4 is 50.3 Å². The summed E-state index contributed by atoms with van der Waals surface area (Å²) in [6.07, 6.45) is 0. The van der Waals surface area contributed by atoms with Gasteiger partial charge in [0.15, 0.2) is 5.11 Å². The molecule has 2 rings (SSSR count). The summed E-state index contributed by atoms with van der Waals surface area (Å²) in [5.74, 6) is -0.900. The standard InChI is InChI=1S/C18H19N5O7S2/c1-18(2,3)21-32(29,30)15-6-4-12(5-7-15)19-17(31)20-16(24)11-8-13(22(25)26)10-14(9-11)23(27)28/h4-10,21H,1-3H3,(H2,19,20,24,31). The number of amides is 1. The second-order valence-corrected chi connectivity index (χ2v) is 9.63. The van der Waals surface area contributed by atoms with Crippen LogP contribution < -0.4 is 15.4 Å². The molecule has 2 aromatic rings. The lowest BCUT2D eigenvalue weighted by Gasteiger charge is -2.20. The molecule has 1 amide bonds. The molecule has 0 heterocycles. The van der Waals surface area contributed by atoms with Crippen molar-refractivity contribution in [2.45, 2.75) is 31.2 Å². The Balaban J connectivity index is 2.12. The van der Waals surface area contributed by atoms with Gasteiger partial charge >= 0.3 is 0 Å². The van der Waals surface area contributed by atoms with E-state index in [0.717, 1.165) is 18.2 Å². The van der Waals surface area contributed by atoms with E-state index in [1.165, 1.54) is 24.3 Å². The number of hydrogen-bond donors (Lipinski definition) is 3. The van der Waals surface area contributed by atoms with Gasteiger partial charge in [-0.1, -0.05) is 0 Å². The Morgan fingerprint density at radius 2 is 1.47 bits per heavy atom. The third-order valence-electron chi connectivity index (χ3n) is 3.68. The number of sulfonamides is 1. The van der Waals surface area contributed by atoms with E-state index in [-0.39, 0.29) is 15.6 Å². The molecular weight excluding hydrogens is 462 g/mol. The lowest BCUT2D eigenvalue weighted by molar-refractivity contribution is -0.394. The molecule has 3 N–H and O–H groups in total. The Morgan fingerprint density at radius 1 is 0.969 bits per heavy atom. The van der Waals surface area contributed by atoms with Crippen LogP contribution in [0, 0.1) is 20.2 Å². The van der Waals surface area contributed by atoms with Crippen LogP contribution in [0.1, 0.15) is 31.1 Å². The van der Waals surface area contributed by atoms with E-state index in [2.05, 4.69) is 15.4 Å². The summed E-state index contributed by atoms with van der Waals surface area (Å²) in [6.45, 7) is 5.12. The van der Waals surface area contributed by atoms with Gasteiger partial charge in [-0.25, -0.2) is 13.1 Å². The molecule has 0 saturated heterocycles. The highest BCUT2D eigenvalue weighted by Gasteiger charge is 2.22. The highest BCUT2D eigenvalue weighted by Crippen LogP contribution is 2.23. The minimum Gasteiger partial charge on any atom is -0.332 e. The Labute approximate surface area is 188 Å². The first-order valence-corrected chi connectivity index (χ1v) is 10.8. The molecule has 0 aliphatic carbocycles. The predicted molar refractivity (Wildman–Crippen MR) is 120 cm³/mol. The zero-order valence-corrected chi connectivity index (χ0v) is 18.7. The van der Waals surface area contributed by atoms with Gasteiger partial charge in [0.05, 0.1) is 26.4 Å². The molecule has 0 bridgehead atoms. The van der Waals surface area contributed by atoms with E-state index in [4.69, 9.17) is 12.2 Å². The summed E-state index contributed by atoms with van der Waals surface area (Å²) in [5.41, 5.74) is -1.88. The van der Waals surface area contributed by atoms with Gasteiger partial charge < -0.3 is 5.32 Å². The van der Waals surface area contributed by atoms with Gasteiger partial charge in [0.2, 0.25) is 10.0 Å². The Hall–Kier alpha value is -3.49. The number of thiocarbonyl (C=S) groups is 1. The van der Waals surface area contributed by atoms with Crippen molar-refractivity contribution in [3.05, 3.63) is 68.3 Å². The fourth-order valence-corrected chi connectivity index (χ4v) is 4.08. The topological polar surface area (TPSA) is 174 Å². The molecule has 170 valence electrons. The molecule has 2 aromatic carbocycles. The van der Waals surface area contributed by atoms with Gasteiger partial charge in [-0.3, -0.25) is 30.3 Å². The molecule has 0 aliphatic rings. The summed E-state index contributed by atoms with van der Waals surface area (Å²) in [5, 5.41) is 26.6. The van der Waals surface area contributed by atoms with Crippen molar-refractivity contribution in [1.29, 1.82) is 0 Å². The number of nitrogens with zero attached hydrogens (tertiary/aromatic N) is 2. The van der Waals surface area contributed by atoms with E-state index in [1.54, 1.807) is 20.8 Å². The van der Waals surface area contributed by atoms with Crippen molar-refractivity contribution in [3.8, 4) is 0 Å². The molecular formula is C18H19N5O7S2. The van der Waals surface area contributed by atoms with Crippen LogP contribution in [0.15, 0.2) is 47.4 Å². The number of nitro groups is 2. The maximum atomic E-state index is 12.3. The average Bonchev–Trinajstić information content (AvgIpc) is 2.66. The lowest BCUT2D eigenvalue weighted by Crippen LogP contribution is -2.40. The normalized spacial score (nSPS) is 11.5. The van der Waals surface area contributed by atoms with Gasteiger partial charge in [0.1, 0.15) is 0 Å². The first-order valence-electron chi connectivity index (χ1n) is 8.88. The number of nitro benzene ring substituents is 2. The largest absolute Gasteiger partial charge is 0.332 e. The number of hydrogen-bond acceptors (Lipinski definition) is 8. The fourth-order valence-electron chi connectivity index (χ4n) is 2.45. The van der Waals surface area contributed by atoms with Crippen LogP contribution in [0.25, 0.3) is 0 Å². The SMILES string of the molecule is CC(C)(C)NS(=O)(=O)c1ccc(NC(=S)NC(=O)c2cc([N+](=O)[O-])cc([N+](=O)[O-])c2)cc1. The number of carbonyl (C=O) groups excluding carboxylic acids is 1. The third kappa shape index (κ3) is 6.76. The van der Waals surface area contributed by atoms with Crippen LogP contribution in [0.5, 0.6) is 0 Å². The lowest BCUT2D eigenvalue weighted by atomic mass is 10.1. The van der Waals surface area contributed by atoms with Crippen LogP contribution in [-0.4, -0.2) is 34.8 Å². The monoisotopic (exact) mass is 481 g/mol. The van der Waals surface area contributed by atoms with E-state index in [0.29, 0.717) is 5.69 Å². The number of anilines is 1. The molecule has 0 saturated carbocycles. The van der Waals surface area contributed by atoms with Crippen LogP contribution in [0.4, 0.5) is 17.1 Å². The van der Waals surface area contributed by atoms with Gasteiger partial charge in [-0.05, 0) is 57.3 Å². The molecule has 0 aliphatic heterocycles. The number of benzene rings is 2. The Kier molecular flexibility index (Phi) is 7.23. The highest BCUT2D eigenvalue weighted by atomic mass is 32.2. The Morgan fingerprint density at radius 3 is 1.91 bits per heavy atom. The summed E-state index contributed by atoms with van der Waals surface area (Å²) < 4.78 is 27.2. The predicted octanol–water partition coefficient (Wildman–Crippen LogP) is 2.71. The van der Waals surface area contributed by atoms with Crippen LogP contribution in [0.2, 0.25) is 0 Å². The van der Waals surface area contributed by atoms with Crippen LogP contribution >= 0.6 is 12.2 Å². The molecule has 0 spiro atoms. The Bertz CT molecular complexity index is 1160. The molecule has 0 unspecified atom stereocenters. The van der Waals surface area contributed by atoms with Crippen molar-refractivity contribution in [1.82, 2.24) is 10.0 Å². The summed E-state index contributed by atoms with van der Waals surface area (Å²) in [7, 11) is -3.73. The zero-order valence-electron chi connectivity index (χ0n) is 17.1. The molecule has 12 nitrogen and oxygen atoms in total. The molecule has 14 heteroatoms. The van der Waals surface area contributed by atoms with Crippen LogP contribution in [-0.2, 0) is 10.0 Å². The summed E-state index contributed by atoms with van der Waals surface area (Å²) in [4.78, 5) is 32.6. The van der Waals surface area contributed by atoms with E-state index in [1.807, 2.05) is 0 Å². The summed E-state index contributed by atoms with van der Waals surface area (Å²) in [6, 6.07) is 8.02. The fraction of sp³-hybridized carbons (Fsp3) is 0.222. The molecule has 0 aromatic heterocycles. The maximum Gasteiger partial charge on any atom is 0.277 e. The minimum atomic E-state index is -3.73. The number of carbonyl (C=O) groups is 1. The first kappa shape index (κ1) is 24.8. The van der Waals surface area contributed by atoms with Gasteiger partial charge in [0.25, 0.3) is 17.3 Å². The van der Waals surface area contributed by atoms with Crippen LogP contribution in [0.3, 0.4) is 0 Å². The van der Waals surface area contributed by atoms with Gasteiger partial charge in [-0.2, -0.15) is 0 Å². The smallest absolute Gasteiger partial charge is 0.277 e. The molecule has 0 atom stereocenters. The van der Waals surface area contributed by atoms with Crippen molar-refractivity contribution in [2.24, 2.45) is 0 Å². The van der Waals surface area contributed by atoms with E-state index in [9.17, 15) is 33.4 Å². The maximum absolute atomic E-state index is 12.3. The molecule has 0 radical (unpaired) electrons. The van der Waals surface area contributed by atoms with Gasteiger partial charge in [0, 0.05) is 23.4 Å². The second-order valence-electron chi connectivity index (χ2n) is 7.54. The molecule has 0 fully saturated rings. The number of rotatable bonds is 6. The highest BCUT2D eigenvalue weighted by molar-refractivity contribution is 7.89. The van der Waals surface area contributed by atoms with Crippen molar-refractivity contribution in [3.63, 3.8) is 0 Å². The van der Waals surface area contributed by atoms with Gasteiger partial charge in [-0.15, -0.1) is 0 Å². The third-order valence-corrected chi connectivity index (χ3v) is 5.65. The van der Waals surface area contributed by atoms with Crippen molar-refractivity contribution < 1.29 is 23.1 Å². The first-order chi connectivity index (χ1) is 14.7. The number of non-ortho nitro benzene ring substituents is 2. The zero-order chi connectivity index (χ0) is 24.3. The quantitative estimate of drug-likeness (QED) is 0.318. The molecule has 32 heavy (non-hydrogen) atoms. The number of nitrogens with one attached hydrogen (secondary N) is 3. The average molecular weight is 482 g/mol. The second kappa shape index (κ2) is 9.33. The van der Waals surface area contributed by atoms with E-state index < -0.39 is 42.7 Å². The minimum absolute atomic E-state index is 0.0248. The summed E-state index contributed by atoms with van der Waals surface area (Å²) >= 11 is 5.02. The van der Waals surface area contributed by atoms with E-state index >= 15 is 0 Å². The van der Waals surface area contributed by atoms with Crippen molar-refractivity contribution in [2.75, 3.05) is 5.32 Å².